The Labute approximate surface area is 101 Å². The van der Waals surface area contributed by atoms with Crippen LogP contribution in [-0.2, 0) is 0 Å². The van der Waals surface area contributed by atoms with Crippen molar-refractivity contribution in [2.75, 3.05) is 0 Å². The Bertz CT molecular complexity index is 252. The Morgan fingerprint density at radius 1 is 1.00 bits per heavy atom. The van der Waals surface area contributed by atoms with Crippen LogP contribution >= 0.6 is 0 Å². The number of unbranched alkanes of at least 4 members (excludes halogenated alkanes) is 4. The van der Waals surface area contributed by atoms with Gasteiger partial charge in [-0.05, 0) is 37.8 Å². The fraction of sp³-hybridized carbons (Fsp3) is 0.500. The summed E-state index contributed by atoms with van der Waals surface area (Å²) < 4.78 is 0. The maximum Gasteiger partial charge on any atom is -0.0353 e. The van der Waals surface area contributed by atoms with E-state index in [0.29, 0.717) is 0 Å². The monoisotopic (exact) mass is 218 g/mol. The molecule has 0 amide bonds. The Morgan fingerprint density at radius 2 is 1.56 bits per heavy atom. The highest BCUT2D eigenvalue weighted by Crippen LogP contribution is 2.02. The highest BCUT2D eigenvalue weighted by atomic mass is 13.9. The zero-order chi connectivity index (χ0) is 12.2. The molecule has 0 atom stereocenters. The van der Waals surface area contributed by atoms with Crippen LogP contribution in [0, 0.1) is 13.8 Å². The second-order valence-corrected chi connectivity index (χ2v) is 4.22. The number of rotatable bonds is 5. The molecule has 1 aromatic carbocycles. The van der Waals surface area contributed by atoms with Gasteiger partial charge in [0, 0.05) is 0 Å². The van der Waals surface area contributed by atoms with Crippen molar-refractivity contribution in [2.24, 2.45) is 0 Å². The van der Waals surface area contributed by atoms with Gasteiger partial charge in [-0.15, -0.1) is 6.58 Å². The van der Waals surface area contributed by atoms with E-state index in [1.807, 2.05) is 6.08 Å². The first kappa shape index (κ1) is 15.0. The average Bonchev–Trinajstić information content (AvgIpc) is 2.30. The van der Waals surface area contributed by atoms with Gasteiger partial charge in [-0.2, -0.15) is 0 Å². The molecule has 0 saturated heterocycles. The zero-order valence-corrected chi connectivity index (χ0v) is 11.1. The molecule has 0 bridgehead atoms. The van der Waals surface area contributed by atoms with Gasteiger partial charge >= 0.3 is 0 Å². The second kappa shape index (κ2) is 10.5. The molecule has 0 aliphatic carbocycles. The Hall–Kier alpha value is -1.04. The summed E-state index contributed by atoms with van der Waals surface area (Å²) in [5.74, 6) is 0. The molecular formula is C16H26. The van der Waals surface area contributed by atoms with Gasteiger partial charge in [0.2, 0.25) is 0 Å². The third kappa shape index (κ3) is 8.28. The maximum absolute atomic E-state index is 3.66. The maximum atomic E-state index is 3.66. The van der Waals surface area contributed by atoms with Crippen molar-refractivity contribution >= 4 is 0 Å². The normalized spacial score (nSPS) is 9.19. The molecule has 0 radical (unpaired) electrons. The topological polar surface area (TPSA) is 0 Å². The van der Waals surface area contributed by atoms with E-state index in [4.69, 9.17) is 0 Å². The predicted octanol–water partition coefficient (Wildman–Crippen LogP) is 5.45. The average molecular weight is 218 g/mol. The quantitative estimate of drug-likeness (QED) is 0.455. The predicted molar refractivity (Wildman–Crippen MR) is 74.9 cm³/mol. The highest BCUT2D eigenvalue weighted by molar-refractivity contribution is 5.23. The number of hydrogen-bond donors (Lipinski definition) is 0. The van der Waals surface area contributed by atoms with Crippen molar-refractivity contribution < 1.29 is 0 Å². The molecular weight excluding hydrogens is 192 g/mol. The standard InChI is InChI=1S/C8H10.C8H16/c1-7-5-3-4-6-8(7)2;1-3-5-7-8-6-4-2/h3-6H,1-2H3;3H,1,4-8H2,2H3. The Balaban J connectivity index is 0.000000281. The second-order valence-electron chi connectivity index (χ2n) is 4.22. The van der Waals surface area contributed by atoms with Crippen molar-refractivity contribution in [3.05, 3.63) is 48.0 Å². The number of aryl methyl sites for hydroxylation is 2. The van der Waals surface area contributed by atoms with Gasteiger partial charge in [0.1, 0.15) is 0 Å². The molecule has 0 heterocycles. The van der Waals surface area contributed by atoms with Gasteiger partial charge < -0.3 is 0 Å². The minimum absolute atomic E-state index is 1.19. The molecule has 0 nitrogen and oxygen atoms in total. The van der Waals surface area contributed by atoms with E-state index in [0.717, 1.165) is 0 Å². The molecule has 16 heavy (non-hydrogen) atoms. The molecule has 0 aliphatic rings. The van der Waals surface area contributed by atoms with Gasteiger partial charge in [-0.3, -0.25) is 0 Å². The van der Waals surface area contributed by atoms with E-state index in [-0.39, 0.29) is 0 Å². The first-order valence-corrected chi connectivity index (χ1v) is 6.35. The molecule has 0 heteroatoms. The lowest BCUT2D eigenvalue weighted by Crippen LogP contribution is -1.74. The fourth-order valence-electron chi connectivity index (χ4n) is 1.38. The summed E-state index contributed by atoms with van der Waals surface area (Å²) in [5, 5.41) is 0. The SMILES string of the molecule is C=CCCCCCC.Cc1ccccc1C. The summed E-state index contributed by atoms with van der Waals surface area (Å²) in [6.07, 6.45) is 8.61. The van der Waals surface area contributed by atoms with Crippen LogP contribution in [0.1, 0.15) is 50.2 Å². The summed E-state index contributed by atoms with van der Waals surface area (Å²) in [6.45, 7) is 10.1. The molecule has 0 spiro atoms. The van der Waals surface area contributed by atoms with Crippen LogP contribution in [-0.4, -0.2) is 0 Å². The lowest BCUT2D eigenvalue weighted by Gasteiger charge is -1.93. The minimum Gasteiger partial charge on any atom is -0.103 e. The van der Waals surface area contributed by atoms with Gasteiger partial charge in [-0.25, -0.2) is 0 Å². The minimum atomic E-state index is 1.19. The van der Waals surface area contributed by atoms with E-state index < -0.39 is 0 Å². The van der Waals surface area contributed by atoms with Crippen LogP contribution in [0.25, 0.3) is 0 Å². The summed E-state index contributed by atoms with van der Waals surface area (Å²) in [4.78, 5) is 0. The smallest absolute Gasteiger partial charge is 0.0353 e. The fourth-order valence-corrected chi connectivity index (χ4v) is 1.38. The summed E-state index contributed by atoms with van der Waals surface area (Å²) >= 11 is 0. The molecule has 1 rings (SSSR count). The number of allylic oxidation sites excluding steroid dienone is 1. The van der Waals surface area contributed by atoms with Gasteiger partial charge in [0.25, 0.3) is 0 Å². The zero-order valence-electron chi connectivity index (χ0n) is 11.1. The molecule has 0 N–H and O–H groups in total. The third-order valence-corrected chi connectivity index (χ3v) is 2.69. The van der Waals surface area contributed by atoms with E-state index >= 15 is 0 Å². The number of benzene rings is 1. The van der Waals surface area contributed by atoms with Crippen molar-refractivity contribution in [1.29, 1.82) is 0 Å². The van der Waals surface area contributed by atoms with Crippen LogP contribution in [0.2, 0.25) is 0 Å². The molecule has 0 unspecified atom stereocenters. The third-order valence-electron chi connectivity index (χ3n) is 2.69. The number of hydrogen-bond acceptors (Lipinski definition) is 0. The van der Waals surface area contributed by atoms with Crippen LogP contribution in [0.3, 0.4) is 0 Å². The van der Waals surface area contributed by atoms with Crippen molar-refractivity contribution in [3.8, 4) is 0 Å². The lowest BCUT2D eigenvalue weighted by molar-refractivity contribution is 0.675. The summed E-state index contributed by atoms with van der Waals surface area (Å²) in [7, 11) is 0. The molecule has 0 aliphatic heterocycles. The van der Waals surface area contributed by atoms with Gasteiger partial charge in [-0.1, -0.05) is 56.5 Å². The molecule has 90 valence electrons. The van der Waals surface area contributed by atoms with Crippen LogP contribution in [0.15, 0.2) is 36.9 Å². The first-order valence-electron chi connectivity index (χ1n) is 6.35. The molecule has 1 aromatic rings. The van der Waals surface area contributed by atoms with E-state index in [9.17, 15) is 0 Å². The van der Waals surface area contributed by atoms with Gasteiger partial charge in [0.05, 0.1) is 0 Å². The largest absolute Gasteiger partial charge is 0.103 e. The van der Waals surface area contributed by atoms with Crippen LogP contribution in [0.5, 0.6) is 0 Å². The van der Waals surface area contributed by atoms with E-state index in [1.54, 1.807) is 0 Å². The molecule has 0 fully saturated rings. The molecule has 0 aromatic heterocycles. The highest BCUT2D eigenvalue weighted by Gasteiger charge is 1.84. The van der Waals surface area contributed by atoms with Crippen LogP contribution in [0.4, 0.5) is 0 Å². The van der Waals surface area contributed by atoms with Crippen molar-refractivity contribution in [1.82, 2.24) is 0 Å². The Kier molecular flexibility index (Phi) is 9.80. The first-order chi connectivity index (χ1) is 7.72. The Morgan fingerprint density at radius 3 is 1.94 bits per heavy atom. The van der Waals surface area contributed by atoms with E-state index in [2.05, 4.69) is 51.6 Å². The van der Waals surface area contributed by atoms with Crippen molar-refractivity contribution in [3.63, 3.8) is 0 Å². The summed E-state index contributed by atoms with van der Waals surface area (Å²) in [5.41, 5.74) is 2.74. The van der Waals surface area contributed by atoms with E-state index in [1.165, 1.54) is 43.2 Å². The van der Waals surface area contributed by atoms with Crippen LogP contribution < -0.4 is 0 Å². The van der Waals surface area contributed by atoms with Gasteiger partial charge in [0.15, 0.2) is 0 Å². The lowest BCUT2D eigenvalue weighted by atomic mass is 10.1. The van der Waals surface area contributed by atoms with Crippen molar-refractivity contribution in [2.45, 2.75) is 52.9 Å². The molecule has 0 saturated carbocycles. The summed E-state index contributed by atoms with van der Waals surface area (Å²) in [6, 6.07) is 8.36.